The molecule has 0 saturated heterocycles. The number of aromatic nitrogens is 1. The maximum Gasteiger partial charge on any atom is 0.169 e. The number of nitrogens with zero attached hydrogens (tertiary/aromatic N) is 1. The number of rotatable bonds is 3. The standard InChI is InChI=1S/C14H13NO3/c1-17-14-10(16)8-12(14)18-11-6-2-4-9-5-3-7-15-13(9)11/h2-7,12,14H,8H2,1H3. The van der Waals surface area contributed by atoms with Crippen molar-refractivity contribution in [3.63, 3.8) is 0 Å². The highest BCUT2D eigenvalue weighted by Gasteiger charge is 2.42. The molecular weight excluding hydrogens is 230 g/mol. The van der Waals surface area contributed by atoms with Crippen LogP contribution in [0.1, 0.15) is 6.42 Å². The van der Waals surface area contributed by atoms with E-state index in [1.54, 1.807) is 6.20 Å². The molecule has 3 rings (SSSR count). The van der Waals surface area contributed by atoms with Gasteiger partial charge in [-0.3, -0.25) is 9.78 Å². The third kappa shape index (κ3) is 1.75. The number of pyridine rings is 1. The van der Waals surface area contributed by atoms with Gasteiger partial charge in [0.15, 0.2) is 11.9 Å². The molecule has 92 valence electrons. The first-order valence-electron chi connectivity index (χ1n) is 5.85. The summed E-state index contributed by atoms with van der Waals surface area (Å²) in [5, 5.41) is 1.02. The Bertz CT molecular complexity index is 591. The lowest BCUT2D eigenvalue weighted by Gasteiger charge is -2.33. The van der Waals surface area contributed by atoms with Gasteiger partial charge in [-0.15, -0.1) is 0 Å². The van der Waals surface area contributed by atoms with Gasteiger partial charge in [-0.2, -0.15) is 0 Å². The monoisotopic (exact) mass is 243 g/mol. The summed E-state index contributed by atoms with van der Waals surface area (Å²) in [6.45, 7) is 0. The Balaban J connectivity index is 1.89. The number of carbonyl (C=O) groups is 1. The van der Waals surface area contributed by atoms with E-state index in [0.717, 1.165) is 10.9 Å². The zero-order chi connectivity index (χ0) is 12.5. The normalized spacial score (nSPS) is 22.8. The van der Waals surface area contributed by atoms with Gasteiger partial charge < -0.3 is 9.47 Å². The number of benzene rings is 1. The Morgan fingerprint density at radius 1 is 1.28 bits per heavy atom. The number of hydrogen-bond donors (Lipinski definition) is 0. The smallest absolute Gasteiger partial charge is 0.169 e. The summed E-state index contributed by atoms with van der Waals surface area (Å²) in [5.41, 5.74) is 0.814. The first-order chi connectivity index (χ1) is 8.79. The first-order valence-corrected chi connectivity index (χ1v) is 5.85. The minimum absolute atomic E-state index is 0.0932. The van der Waals surface area contributed by atoms with Crippen molar-refractivity contribution in [3.8, 4) is 5.75 Å². The second-order valence-electron chi connectivity index (χ2n) is 4.31. The first kappa shape index (κ1) is 11.2. The van der Waals surface area contributed by atoms with Gasteiger partial charge in [-0.25, -0.2) is 0 Å². The van der Waals surface area contributed by atoms with Gasteiger partial charge in [0.25, 0.3) is 0 Å². The topological polar surface area (TPSA) is 48.4 Å². The van der Waals surface area contributed by atoms with Crippen LogP contribution in [0.3, 0.4) is 0 Å². The second-order valence-corrected chi connectivity index (χ2v) is 4.31. The molecule has 1 saturated carbocycles. The predicted molar refractivity (Wildman–Crippen MR) is 66.6 cm³/mol. The van der Waals surface area contributed by atoms with E-state index < -0.39 is 6.10 Å². The van der Waals surface area contributed by atoms with Crippen LogP contribution in [0, 0.1) is 0 Å². The quantitative estimate of drug-likeness (QED) is 0.827. The van der Waals surface area contributed by atoms with Gasteiger partial charge in [-0.05, 0) is 12.1 Å². The maximum absolute atomic E-state index is 11.3. The number of hydrogen-bond acceptors (Lipinski definition) is 4. The van der Waals surface area contributed by atoms with Crippen molar-refractivity contribution in [2.45, 2.75) is 18.6 Å². The fraction of sp³-hybridized carbons (Fsp3) is 0.286. The van der Waals surface area contributed by atoms with Crippen LogP contribution in [0.5, 0.6) is 5.75 Å². The summed E-state index contributed by atoms with van der Waals surface area (Å²) < 4.78 is 10.9. The number of methoxy groups -OCH3 is 1. The fourth-order valence-corrected chi connectivity index (χ4v) is 2.19. The summed E-state index contributed by atoms with van der Waals surface area (Å²) in [5.74, 6) is 0.795. The zero-order valence-corrected chi connectivity index (χ0v) is 10.00. The van der Waals surface area contributed by atoms with Gasteiger partial charge in [0, 0.05) is 25.1 Å². The third-order valence-electron chi connectivity index (χ3n) is 3.19. The lowest BCUT2D eigenvalue weighted by Crippen LogP contribution is -2.51. The van der Waals surface area contributed by atoms with Crippen molar-refractivity contribution >= 4 is 16.7 Å². The molecule has 1 fully saturated rings. The van der Waals surface area contributed by atoms with E-state index in [-0.39, 0.29) is 11.9 Å². The van der Waals surface area contributed by atoms with Gasteiger partial charge in [0.1, 0.15) is 17.4 Å². The van der Waals surface area contributed by atoms with Crippen LogP contribution in [0.15, 0.2) is 36.5 Å². The molecule has 18 heavy (non-hydrogen) atoms. The molecule has 0 bridgehead atoms. The van der Waals surface area contributed by atoms with E-state index in [2.05, 4.69) is 4.98 Å². The van der Waals surface area contributed by atoms with Gasteiger partial charge in [-0.1, -0.05) is 18.2 Å². The summed E-state index contributed by atoms with van der Waals surface area (Å²) in [6, 6.07) is 9.63. The van der Waals surface area contributed by atoms with Gasteiger partial charge >= 0.3 is 0 Å². The molecule has 0 amide bonds. The SMILES string of the molecule is COC1C(=O)CC1Oc1cccc2cccnc12. The van der Waals surface area contributed by atoms with Crippen molar-refractivity contribution in [2.75, 3.05) is 7.11 Å². The molecular formula is C14H13NO3. The molecule has 1 aliphatic rings. The molecule has 4 nitrogen and oxygen atoms in total. The lowest BCUT2D eigenvalue weighted by atomic mass is 9.90. The number of carbonyl (C=O) groups excluding carboxylic acids is 1. The minimum Gasteiger partial charge on any atom is -0.484 e. The third-order valence-corrected chi connectivity index (χ3v) is 3.19. The zero-order valence-electron chi connectivity index (χ0n) is 10.00. The van der Waals surface area contributed by atoms with E-state index in [1.165, 1.54) is 7.11 Å². The van der Waals surface area contributed by atoms with Crippen molar-refractivity contribution < 1.29 is 14.3 Å². The molecule has 0 radical (unpaired) electrons. The molecule has 1 aromatic carbocycles. The van der Waals surface area contributed by atoms with E-state index in [9.17, 15) is 4.79 Å². The summed E-state index contributed by atoms with van der Waals surface area (Å²) in [4.78, 5) is 15.6. The van der Waals surface area contributed by atoms with Gasteiger partial charge in [0.2, 0.25) is 0 Å². The molecule has 0 spiro atoms. The van der Waals surface area contributed by atoms with E-state index in [0.29, 0.717) is 12.2 Å². The number of ether oxygens (including phenoxy) is 2. The predicted octanol–water partition coefficient (Wildman–Crippen LogP) is 1.97. The number of ketones is 1. The van der Waals surface area contributed by atoms with E-state index >= 15 is 0 Å². The Kier molecular flexibility index (Phi) is 2.72. The van der Waals surface area contributed by atoms with Crippen molar-refractivity contribution in [1.82, 2.24) is 4.98 Å². The lowest BCUT2D eigenvalue weighted by molar-refractivity contribution is -0.150. The molecule has 1 aromatic heterocycles. The second kappa shape index (κ2) is 4.38. The Labute approximate surface area is 105 Å². The Morgan fingerprint density at radius 2 is 2.11 bits per heavy atom. The molecule has 0 N–H and O–H groups in total. The molecule has 4 heteroatoms. The average molecular weight is 243 g/mol. The van der Waals surface area contributed by atoms with Crippen LogP contribution >= 0.6 is 0 Å². The number of fused-ring (bicyclic) bond motifs is 1. The Morgan fingerprint density at radius 3 is 2.89 bits per heavy atom. The number of Topliss-reactive ketones (excluding diaryl/α,β-unsaturated/α-hetero) is 1. The highest BCUT2D eigenvalue weighted by atomic mass is 16.5. The summed E-state index contributed by atoms with van der Waals surface area (Å²) >= 11 is 0. The largest absolute Gasteiger partial charge is 0.484 e. The van der Waals surface area contributed by atoms with Crippen LogP contribution < -0.4 is 4.74 Å². The van der Waals surface area contributed by atoms with Gasteiger partial charge in [0.05, 0.1) is 0 Å². The molecule has 1 aliphatic carbocycles. The number of para-hydroxylation sites is 1. The molecule has 2 unspecified atom stereocenters. The average Bonchev–Trinajstić information content (AvgIpc) is 2.39. The molecule has 1 heterocycles. The highest BCUT2D eigenvalue weighted by Crippen LogP contribution is 2.29. The van der Waals surface area contributed by atoms with Crippen molar-refractivity contribution in [3.05, 3.63) is 36.5 Å². The van der Waals surface area contributed by atoms with Crippen LogP contribution in [-0.4, -0.2) is 30.1 Å². The van der Waals surface area contributed by atoms with Crippen molar-refractivity contribution in [1.29, 1.82) is 0 Å². The van der Waals surface area contributed by atoms with E-state index in [4.69, 9.17) is 9.47 Å². The van der Waals surface area contributed by atoms with E-state index in [1.807, 2.05) is 30.3 Å². The molecule has 2 atom stereocenters. The molecule has 2 aromatic rings. The minimum atomic E-state index is -0.441. The van der Waals surface area contributed by atoms with Crippen LogP contribution in [0.2, 0.25) is 0 Å². The van der Waals surface area contributed by atoms with Crippen LogP contribution in [0.25, 0.3) is 10.9 Å². The summed E-state index contributed by atoms with van der Waals surface area (Å²) in [6.07, 6.45) is 1.50. The fourth-order valence-electron chi connectivity index (χ4n) is 2.19. The highest BCUT2D eigenvalue weighted by molar-refractivity contribution is 5.91. The molecule has 0 aliphatic heterocycles. The summed E-state index contributed by atoms with van der Waals surface area (Å²) in [7, 11) is 1.53. The van der Waals surface area contributed by atoms with Crippen LogP contribution in [-0.2, 0) is 9.53 Å². The van der Waals surface area contributed by atoms with Crippen LogP contribution in [0.4, 0.5) is 0 Å². The van der Waals surface area contributed by atoms with Crippen molar-refractivity contribution in [2.24, 2.45) is 0 Å². The maximum atomic E-state index is 11.3. The Hall–Kier alpha value is -1.94.